The standard InChI is InChI=1S/C31H21ClF4N4O4/c1-43-26-14-18(13-24(32)28(26)44-17-27(41)38-22-11-9-21(33)10-12-22)16-37-40-29(19-5-4-6-20(15-19)31(34,35)36)39-25-8-3-2-7-23(25)30(40)42/h2-16H,17H2,1H3,(H,38,41). The molecule has 0 spiro atoms. The van der Waals surface area contributed by atoms with Gasteiger partial charge in [-0.2, -0.15) is 22.9 Å². The van der Waals surface area contributed by atoms with E-state index in [0.29, 0.717) is 11.3 Å². The number of anilines is 1. The van der Waals surface area contributed by atoms with Crippen molar-refractivity contribution < 1.29 is 31.8 Å². The Labute approximate surface area is 252 Å². The number of ether oxygens (including phenoxy) is 2. The molecule has 1 aromatic heterocycles. The number of amides is 1. The van der Waals surface area contributed by atoms with E-state index in [1.165, 1.54) is 67.9 Å². The van der Waals surface area contributed by atoms with Crippen LogP contribution in [0.15, 0.2) is 94.8 Å². The molecule has 8 nitrogen and oxygen atoms in total. The third kappa shape index (κ3) is 6.70. The third-order valence-corrected chi connectivity index (χ3v) is 6.53. The molecule has 5 rings (SSSR count). The molecule has 0 unspecified atom stereocenters. The maximum absolute atomic E-state index is 13.5. The number of aromatic nitrogens is 2. The van der Waals surface area contributed by atoms with Crippen LogP contribution >= 0.6 is 11.6 Å². The van der Waals surface area contributed by atoms with Crippen molar-refractivity contribution in [1.29, 1.82) is 0 Å². The number of fused-ring (bicyclic) bond motifs is 1. The Morgan fingerprint density at radius 3 is 2.52 bits per heavy atom. The number of nitrogens with zero attached hydrogens (tertiary/aromatic N) is 3. The predicted molar refractivity (Wildman–Crippen MR) is 158 cm³/mol. The number of hydrogen-bond acceptors (Lipinski definition) is 6. The van der Waals surface area contributed by atoms with Gasteiger partial charge in [-0.1, -0.05) is 35.9 Å². The second-order valence-corrected chi connectivity index (χ2v) is 9.68. The van der Waals surface area contributed by atoms with Crippen LogP contribution in [-0.2, 0) is 11.0 Å². The minimum absolute atomic E-state index is 0.0260. The summed E-state index contributed by atoms with van der Waals surface area (Å²) < 4.78 is 65.3. The van der Waals surface area contributed by atoms with E-state index in [-0.39, 0.29) is 38.8 Å². The first-order valence-electron chi connectivity index (χ1n) is 12.8. The van der Waals surface area contributed by atoms with E-state index in [1.807, 2.05) is 0 Å². The van der Waals surface area contributed by atoms with Gasteiger partial charge in [-0.3, -0.25) is 9.59 Å². The molecule has 0 aliphatic carbocycles. The second-order valence-electron chi connectivity index (χ2n) is 9.27. The van der Waals surface area contributed by atoms with Crippen LogP contribution in [-0.4, -0.2) is 35.5 Å². The van der Waals surface area contributed by atoms with Gasteiger partial charge in [-0.05, 0) is 66.2 Å². The van der Waals surface area contributed by atoms with Crippen LogP contribution in [0.25, 0.3) is 22.3 Å². The van der Waals surface area contributed by atoms with Crippen LogP contribution < -0.4 is 20.3 Å². The molecular formula is C31H21ClF4N4O4. The van der Waals surface area contributed by atoms with E-state index >= 15 is 0 Å². The highest BCUT2D eigenvalue weighted by Gasteiger charge is 2.31. The van der Waals surface area contributed by atoms with Crippen molar-refractivity contribution in [3.05, 3.63) is 117 Å². The molecule has 44 heavy (non-hydrogen) atoms. The highest BCUT2D eigenvalue weighted by Crippen LogP contribution is 2.36. The Kier molecular flexibility index (Phi) is 8.63. The summed E-state index contributed by atoms with van der Waals surface area (Å²) in [4.78, 5) is 30.2. The fourth-order valence-electron chi connectivity index (χ4n) is 4.20. The fourth-order valence-corrected chi connectivity index (χ4v) is 4.47. The minimum Gasteiger partial charge on any atom is -0.493 e. The van der Waals surface area contributed by atoms with Crippen LogP contribution in [0.1, 0.15) is 11.1 Å². The van der Waals surface area contributed by atoms with Crippen molar-refractivity contribution in [2.75, 3.05) is 19.0 Å². The SMILES string of the molecule is COc1cc(C=Nn2c(-c3cccc(C(F)(F)F)c3)nc3ccccc3c2=O)cc(Cl)c1OCC(=O)Nc1ccc(F)cc1. The van der Waals surface area contributed by atoms with E-state index in [2.05, 4.69) is 15.4 Å². The Balaban J connectivity index is 1.46. The first kappa shape index (κ1) is 30.2. The molecule has 4 aromatic carbocycles. The summed E-state index contributed by atoms with van der Waals surface area (Å²) in [5.74, 6) is -0.912. The quantitative estimate of drug-likeness (QED) is 0.152. The van der Waals surface area contributed by atoms with Crippen LogP contribution in [0.3, 0.4) is 0 Å². The lowest BCUT2D eigenvalue weighted by Gasteiger charge is -2.14. The molecule has 5 aromatic rings. The summed E-state index contributed by atoms with van der Waals surface area (Å²) in [7, 11) is 1.35. The largest absolute Gasteiger partial charge is 0.493 e. The first-order chi connectivity index (χ1) is 21.0. The van der Waals surface area contributed by atoms with Gasteiger partial charge in [-0.25, -0.2) is 9.37 Å². The maximum Gasteiger partial charge on any atom is 0.416 e. The molecule has 0 radical (unpaired) electrons. The number of carbonyl (C=O) groups is 1. The van der Waals surface area contributed by atoms with Crippen LogP contribution in [0.5, 0.6) is 11.5 Å². The molecule has 0 atom stereocenters. The van der Waals surface area contributed by atoms with Crippen LogP contribution in [0.2, 0.25) is 5.02 Å². The van der Waals surface area contributed by atoms with Gasteiger partial charge in [-0.15, -0.1) is 0 Å². The van der Waals surface area contributed by atoms with Crippen molar-refractivity contribution in [2.45, 2.75) is 6.18 Å². The number of halogens is 5. The average Bonchev–Trinajstić information content (AvgIpc) is 3.00. The molecule has 13 heteroatoms. The lowest BCUT2D eigenvalue weighted by atomic mass is 10.1. The van der Waals surface area contributed by atoms with Crippen molar-refractivity contribution in [3.63, 3.8) is 0 Å². The van der Waals surface area contributed by atoms with Gasteiger partial charge in [0.2, 0.25) is 0 Å². The Morgan fingerprint density at radius 1 is 1.05 bits per heavy atom. The zero-order chi connectivity index (χ0) is 31.4. The highest BCUT2D eigenvalue weighted by atomic mass is 35.5. The number of hydrogen-bond donors (Lipinski definition) is 1. The number of rotatable bonds is 8. The topological polar surface area (TPSA) is 94.8 Å². The molecule has 0 aliphatic heterocycles. The molecule has 0 bridgehead atoms. The number of carbonyl (C=O) groups excluding carboxylic acids is 1. The summed E-state index contributed by atoms with van der Waals surface area (Å²) in [6.45, 7) is -0.445. The van der Waals surface area contributed by atoms with E-state index in [1.54, 1.807) is 18.2 Å². The molecule has 0 aliphatic rings. The molecule has 0 fully saturated rings. The first-order valence-corrected chi connectivity index (χ1v) is 13.2. The Hall–Kier alpha value is -5.23. The monoisotopic (exact) mass is 624 g/mol. The lowest BCUT2D eigenvalue weighted by molar-refractivity contribution is -0.137. The van der Waals surface area contributed by atoms with E-state index in [9.17, 15) is 27.2 Å². The zero-order valence-electron chi connectivity index (χ0n) is 22.7. The second kappa shape index (κ2) is 12.6. The molecule has 1 N–H and O–H groups in total. The zero-order valence-corrected chi connectivity index (χ0v) is 23.5. The summed E-state index contributed by atoms with van der Waals surface area (Å²) in [6, 6.07) is 18.9. The highest BCUT2D eigenvalue weighted by molar-refractivity contribution is 6.32. The van der Waals surface area contributed by atoms with E-state index in [4.69, 9.17) is 21.1 Å². The summed E-state index contributed by atoms with van der Waals surface area (Å²) in [6.07, 6.45) is -3.35. The molecule has 1 heterocycles. The Bertz CT molecular complexity index is 1940. The summed E-state index contributed by atoms with van der Waals surface area (Å²) >= 11 is 6.43. The van der Waals surface area contributed by atoms with Gasteiger partial charge in [0.15, 0.2) is 23.9 Å². The number of methoxy groups -OCH3 is 1. The van der Waals surface area contributed by atoms with Crippen molar-refractivity contribution in [2.24, 2.45) is 5.10 Å². The average molecular weight is 625 g/mol. The number of nitrogens with one attached hydrogen (secondary N) is 1. The van der Waals surface area contributed by atoms with Gasteiger partial charge in [0.25, 0.3) is 11.5 Å². The number of benzene rings is 4. The van der Waals surface area contributed by atoms with Gasteiger partial charge in [0, 0.05) is 11.3 Å². The predicted octanol–water partition coefficient (Wildman–Crippen LogP) is 6.78. The van der Waals surface area contributed by atoms with Crippen LogP contribution in [0.4, 0.5) is 23.2 Å². The van der Waals surface area contributed by atoms with Crippen LogP contribution in [0, 0.1) is 5.82 Å². The van der Waals surface area contributed by atoms with Gasteiger partial charge in [0.1, 0.15) is 5.82 Å². The molecule has 1 amide bonds. The normalized spacial score (nSPS) is 11.6. The number of para-hydroxylation sites is 1. The lowest BCUT2D eigenvalue weighted by Crippen LogP contribution is -2.21. The smallest absolute Gasteiger partial charge is 0.416 e. The minimum atomic E-state index is -4.61. The Morgan fingerprint density at radius 2 is 1.80 bits per heavy atom. The van der Waals surface area contributed by atoms with Gasteiger partial charge >= 0.3 is 6.18 Å². The van der Waals surface area contributed by atoms with Gasteiger partial charge in [0.05, 0.1) is 34.8 Å². The van der Waals surface area contributed by atoms with Crippen molar-refractivity contribution >= 4 is 40.3 Å². The molecular weight excluding hydrogens is 604 g/mol. The van der Waals surface area contributed by atoms with E-state index < -0.39 is 35.6 Å². The number of alkyl halides is 3. The molecule has 0 saturated carbocycles. The van der Waals surface area contributed by atoms with E-state index in [0.717, 1.165) is 16.8 Å². The summed E-state index contributed by atoms with van der Waals surface area (Å²) in [5, 5.41) is 7.07. The van der Waals surface area contributed by atoms with Crippen molar-refractivity contribution in [1.82, 2.24) is 9.66 Å². The third-order valence-electron chi connectivity index (χ3n) is 6.25. The van der Waals surface area contributed by atoms with Crippen molar-refractivity contribution in [3.8, 4) is 22.9 Å². The molecule has 0 saturated heterocycles. The summed E-state index contributed by atoms with van der Waals surface area (Å²) in [5.41, 5.74) is -0.502. The molecule has 224 valence electrons. The maximum atomic E-state index is 13.5. The fraction of sp³-hybridized carbons (Fsp3) is 0.0968. The van der Waals surface area contributed by atoms with Gasteiger partial charge < -0.3 is 14.8 Å².